The molecule has 5 aromatic rings. The van der Waals surface area contributed by atoms with Gasteiger partial charge in [-0.3, -0.25) is 18.8 Å². The van der Waals surface area contributed by atoms with E-state index >= 15 is 0 Å². The molecular weight excluding hydrogens is 476 g/mol. The normalized spacial score (nSPS) is 11.9. The molecule has 0 saturated carbocycles. The van der Waals surface area contributed by atoms with Crippen LogP contribution in [0.25, 0.3) is 22.4 Å². The monoisotopic (exact) mass is 498 g/mol. The van der Waals surface area contributed by atoms with Gasteiger partial charge in [-0.25, -0.2) is 4.57 Å². The minimum Gasteiger partial charge on any atom is -0.326 e. The quantitative estimate of drug-likeness (QED) is 0.341. The molecule has 0 aliphatic heterocycles. The van der Waals surface area contributed by atoms with E-state index in [9.17, 15) is 14.4 Å². The van der Waals surface area contributed by atoms with Crippen molar-refractivity contribution in [2.45, 2.75) is 24.3 Å². The minimum absolute atomic E-state index is 0.164. The third-order valence-corrected chi connectivity index (χ3v) is 6.58. The first-order valence-electron chi connectivity index (χ1n) is 11.2. The van der Waals surface area contributed by atoms with Crippen molar-refractivity contribution in [1.29, 1.82) is 0 Å². The second-order valence-corrected chi connectivity index (χ2v) is 9.43. The molecule has 9 nitrogen and oxygen atoms in total. The Balaban J connectivity index is 1.47. The van der Waals surface area contributed by atoms with Crippen LogP contribution in [0.3, 0.4) is 0 Å². The number of hydrogen-bond acceptors (Lipinski definition) is 6. The van der Waals surface area contributed by atoms with Gasteiger partial charge in [-0.2, -0.15) is 0 Å². The van der Waals surface area contributed by atoms with Crippen LogP contribution < -0.4 is 16.2 Å². The Bertz CT molecular complexity index is 1640. The van der Waals surface area contributed by atoms with Crippen molar-refractivity contribution in [1.82, 2.24) is 19.2 Å². The fourth-order valence-electron chi connectivity index (χ4n) is 3.86. The van der Waals surface area contributed by atoms with Gasteiger partial charge in [0.25, 0.3) is 5.56 Å². The van der Waals surface area contributed by atoms with Crippen LogP contribution in [-0.4, -0.2) is 36.2 Å². The van der Waals surface area contributed by atoms with Crippen LogP contribution in [0.15, 0.2) is 88.8 Å². The predicted octanol–water partition coefficient (Wildman–Crippen LogP) is 4.11. The highest BCUT2D eigenvalue weighted by atomic mass is 32.2. The number of carbonyl (C=O) groups is 2. The van der Waals surface area contributed by atoms with Crippen LogP contribution in [0.5, 0.6) is 0 Å². The molecule has 2 aromatic heterocycles. The molecule has 1 unspecified atom stereocenters. The molecule has 0 aliphatic carbocycles. The summed E-state index contributed by atoms with van der Waals surface area (Å²) in [5, 5.41) is 14.7. The summed E-state index contributed by atoms with van der Waals surface area (Å²) in [5.74, 6) is -0.0131. The SMILES string of the molecule is CC(=O)Nc1ccc(NC(=O)C(C)Sc2nnc3n(-c4ccccc4)c(=O)c4ccccc4n23)cc1. The fraction of sp³-hybridized carbons (Fsp3) is 0.115. The van der Waals surface area contributed by atoms with Crippen LogP contribution >= 0.6 is 11.8 Å². The molecule has 0 fully saturated rings. The highest BCUT2D eigenvalue weighted by Crippen LogP contribution is 2.27. The number of nitrogens with zero attached hydrogens (tertiary/aromatic N) is 4. The van der Waals surface area contributed by atoms with Gasteiger partial charge in [0.05, 0.1) is 21.8 Å². The van der Waals surface area contributed by atoms with Gasteiger partial charge in [-0.15, -0.1) is 10.2 Å². The van der Waals surface area contributed by atoms with E-state index in [-0.39, 0.29) is 17.4 Å². The molecule has 180 valence electrons. The van der Waals surface area contributed by atoms with Crippen molar-refractivity contribution < 1.29 is 9.59 Å². The highest BCUT2D eigenvalue weighted by molar-refractivity contribution is 8.00. The molecule has 1 atom stereocenters. The number of benzene rings is 3. The number of amides is 2. The van der Waals surface area contributed by atoms with E-state index in [4.69, 9.17) is 0 Å². The summed E-state index contributed by atoms with van der Waals surface area (Å²) < 4.78 is 3.33. The Hall–Kier alpha value is -4.44. The number of fused-ring (bicyclic) bond motifs is 3. The van der Waals surface area contributed by atoms with E-state index in [2.05, 4.69) is 20.8 Å². The molecule has 0 aliphatic rings. The van der Waals surface area contributed by atoms with Crippen LogP contribution in [-0.2, 0) is 9.59 Å². The van der Waals surface area contributed by atoms with Gasteiger partial charge in [0.1, 0.15) is 0 Å². The van der Waals surface area contributed by atoms with Gasteiger partial charge in [0.2, 0.25) is 17.6 Å². The Morgan fingerprint density at radius 1 is 0.861 bits per heavy atom. The number of nitrogens with one attached hydrogen (secondary N) is 2. The zero-order valence-electron chi connectivity index (χ0n) is 19.5. The van der Waals surface area contributed by atoms with Crippen molar-refractivity contribution in [2.24, 2.45) is 0 Å². The molecule has 2 N–H and O–H groups in total. The summed E-state index contributed by atoms with van der Waals surface area (Å²) in [6.45, 7) is 3.22. The maximum Gasteiger partial charge on any atom is 0.267 e. The first kappa shape index (κ1) is 23.3. The summed E-state index contributed by atoms with van der Waals surface area (Å²) in [5.41, 5.74) is 2.40. The summed E-state index contributed by atoms with van der Waals surface area (Å²) in [4.78, 5) is 37.5. The maximum atomic E-state index is 13.4. The topological polar surface area (TPSA) is 110 Å². The molecule has 5 rings (SSSR count). The molecule has 3 aromatic carbocycles. The lowest BCUT2D eigenvalue weighted by atomic mass is 10.2. The van der Waals surface area contributed by atoms with Gasteiger partial charge in [0, 0.05) is 18.3 Å². The third-order valence-electron chi connectivity index (χ3n) is 5.53. The lowest BCUT2D eigenvalue weighted by molar-refractivity contribution is -0.115. The van der Waals surface area contributed by atoms with Crippen molar-refractivity contribution in [3.05, 3.63) is 89.2 Å². The first-order valence-corrected chi connectivity index (χ1v) is 12.1. The Morgan fingerprint density at radius 3 is 2.19 bits per heavy atom. The largest absolute Gasteiger partial charge is 0.326 e. The van der Waals surface area contributed by atoms with E-state index in [0.717, 1.165) is 0 Å². The number of carbonyl (C=O) groups excluding carboxylic acids is 2. The fourth-order valence-corrected chi connectivity index (χ4v) is 4.72. The van der Waals surface area contributed by atoms with Crippen molar-refractivity contribution in [2.75, 3.05) is 10.6 Å². The standard InChI is InChI=1S/C26H22N6O3S/c1-16(23(34)28-19-14-12-18(13-15-19)27-17(2)33)36-26-30-29-25-31(20-8-4-3-5-9-20)24(35)21-10-6-7-11-22(21)32(25)26/h3-16H,1-2H3,(H,27,33)(H,28,34). The summed E-state index contributed by atoms with van der Waals surface area (Å²) in [6.07, 6.45) is 0. The van der Waals surface area contributed by atoms with E-state index in [1.807, 2.05) is 48.5 Å². The van der Waals surface area contributed by atoms with E-state index in [0.29, 0.717) is 38.9 Å². The van der Waals surface area contributed by atoms with Crippen LogP contribution in [0.2, 0.25) is 0 Å². The molecule has 2 amide bonds. The summed E-state index contributed by atoms with van der Waals surface area (Å²) >= 11 is 1.25. The predicted molar refractivity (Wildman–Crippen MR) is 141 cm³/mol. The minimum atomic E-state index is -0.511. The second kappa shape index (κ2) is 9.67. The molecule has 36 heavy (non-hydrogen) atoms. The molecular formula is C26H22N6O3S. The molecule has 10 heteroatoms. The molecule has 0 saturated heterocycles. The third kappa shape index (κ3) is 4.46. The molecule has 2 heterocycles. The average Bonchev–Trinajstić information content (AvgIpc) is 3.29. The van der Waals surface area contributed by atoms with E-state index in [1.54, 1.807) is 41.7 Å². The molecule has 0 bridgehead atoms. The highest BCUT2D eigenvalue weighted by Gasteiger charge is 2.22. The Labute approximate surface area is 210 Å². The van der Waals surface area contributed by atoms with Gasteiger partial charge in [-0.05, 0) is 55.5 Å². The van der Waals surface area contributed by atoms with Gasteiger partial charge >= 0.3 is 0 Å². The maximum absolute atomic E-state index is 13.4. The van der Waals surface area contributed by atoms with Gasteiger partial charge in [0.15, 0.2) is 5.16 Å². The first-order chi connectivity index (χ1) is 17.4. The molecule has 0 radical (unpaired) electrons. The number of thioether (sulfide) groups is 1. The number of rotatable bonds is 6. The van der Waals surface area contributed by atoms with Gasteiger partial charge in [-0.1, -0.05) is 42.1 Å². The second-order valence-electron chi connectivity index (χ2n) is 8.12. The lowest BCUT2D eigenvalue weighted by Gasteiger charge is -2.13. The van der Waals surface area contributed by atoms with Crippen LogP contribution in [0, 0.1) is 0 Å². The summed E-state index contributed by atoms with van der Waals surface area (Å²) in [6, 6.07) is 23.4. The van der Waals surface area contributed by atoms with Crippen molar-refractivity contribution in [3.63, 3.8) is 0 Å². The van der Waals surface area contributed by atoms with Crippen molar-refractivity contribution >= 4 is 51.6 Å². The summed E-state index contributed by atoms with van der Waals surface area (Å²) in [7, 11) is 0. The van der Waals surface area contributed by atoms with Crippen LogP contribution in [0.4, 0.5) is 11.4 Å². The molecule has 0 spiro atoms. The zero-order valence-corrected chi connectivity index (χ0v) is 20.3. The van der Waals surface area contributed by atoms with Crippen LogP contribution in [0.1, 0.15) is 13.8 Å². The van der Waals surface area contributed by atoms with E-state index < -0.39 is 5.25 Å². The zero-order chi connectivity index (χ0) is 25.2. The van der Waals surface area contributed by atoms with E-state index in [1.165, 1.54) is 23.3 Å². The lowest BCUT2D eigenvalue weighted by Crippen LogP contribution is -2.23. The number of anilines is 2. The average molecular weight is 499 g/mol. The smallest absolute Gasteiger partial charge is 0.267 e. The Morgan fingerprint density at radius 2 is 1.50 bits per heavy atom. The number of hydrogen-bond donors (Lipinski definition) is 2. The number of para-hydroxylation sites is 2. The Kier molecular flexibility index (Phi) is 6.26. The van der Waals surface area contributed by atoms with Gasteiger partial charge < -0.3 is 10.6 Å². The number of aromatic nitrogens is 4. The van der Waals surface area contributed by atoms with Crippen molar-refractivity contribution in [3.8, 4) is 5.69 Å².